The first-order valence-corrected chi connectivity index (χ1v) is 24.6. The molecule has 0 aliphatic heterocycles. The number of carbonyl (C=O) groups is 2. The van der Waals surface area contributed by atoms with Gasteiger partial charge in [0.15, 0.2) is 0 Å². The van der Waals surface area contributed by atoms with Gasteiger partial charge in [-0.25, -0.2) is 0 Å². The molecule has 1 aromatic rings. The molecule has 0 spiro atoms. The summed E-state index contributed by atoms with van der Waals surface area (Å²) >= 11 is -6.96. The van der Waals surface area contributed by atoms with Gasteiger partial charge in [0.05, 0.1) is 0 Å². The van der Waals surface area contributed by atoms with Crippen molar-refractivity contribution in [2.75, 3.05) is 13.2 Å². The van der Waals surface area contributed by atoms with Crippen LogP contribution in [0.5, 0.6) is 11.5 Å². The second-order valence-corrected chi connectivity index (χ2v) is 20.2. The first kappa shape index (κ1) is 39.2. The molecule has 0 radical (unpaired) electrons. The third-order valence-corrected chi connectivity index (χ3v) is 25.6. The second-order valence-electron chi connectivity index (χ2n) is 10.2. The molecule has 0 amide bonds. The molecule has 1 aromatic carbocycles. The third kappa shape index (κ3) is 14.3. The molecule has 0 saturated heterocycles. The molecule has 42 heavy (non-hydrogen) atoms. The van der Waals surface area contributed by atoms with E-state index in [1.165, 1.54) is 0 Å². The SMILES string of the molecule is CCCCCCCCOc1c(C)c(C)c(OCCCCCCCC)[c]([Hg][O]C(=O)C(F)(F)F)[c]1[Hg][O]C(=O)C(F)(F)F. The average Bonchev–Trinajstić information content (AvgIpc) is 2.92. The van der Waals surface area contributed by atoms with Gasteiger partial charge in [0.1, 0.15) is 0 Å². The van der Waals surface area contributed by atoms with Gasteiger partial charge < -0.3 is 0 Å². The van der Waals surface area contributed by atoms with E-state index in [-0.39, 0.29) is 30.9 Å². The number of unbranched alkanes of at least 4 members (excludes halogenated alkanes) is 10. The van der Waals surface area contributed by atoms with Crippen molar-refractivity contribution >= 4 is 18.1 Å². The van der Waals surface area contributed by atoms with E-state index >= 15 is 0 Å². The molecule has 0 N–H and O–H groups in total. The van der Waals surface area contributed by atoms with Crippen molar-refractivity contribution in [2.24, 2.45) is 0 Å². The maximum atomic E-state index is 13.0. The summed E-state index contributed by atoms with van der Waals surface area (Å²) in [4.78, 5) is 23.2. The van der Waals surface area contributed by atoms with Gasteiger partial charge in [0.2, 0.25) is 0 Å². The van der Waals surface area contributed by atoms with E-state index in [1.807, 2.05) is 0 Å². The number of alkyl halides is 6. The molecule has 0 bridgehead atoms. The number of hydrogen-bond acceptors (Lipinski definition) is 6. The summed E-state index contributed by atoms with van der Waals surface area (Å²) < 4.78 is 99.8. The molecule has 0 aliphatic carbocycles. The number of benzene rings is 1. The van der Waals surface area contributed by atoms with E-state index in [0.717, 1.165) is 64.2 Å². The van der Waals surface area contributed by atoms with Gasteiger partial charge in [-0.15, -0.1) is 0 Å². The first-order chi connectivity index (χ1) is 19.8. The molecule has 0 aromatic heterocycles. The zero-order valence-corrected chi connectivity index (χ0v) is 36.0. The Morgan fingerprint density at radius 3 is 1.19 bits per heavy atom. The molecule has 14 heteroatoms. The van der Waals surface area contributed by atoms with Gasteiger partial charge in [0, 0.05) is 0 Å². The molecule has 234 valence electrons. The van der Waals surface area contributed by atoms with Crippen LogP contribution in [0.2, 0.25) is 0 Å². The van der Waals surface area contributed by atoms with Crippen molar-refractivity contribution in [2.45, 2.75) is 117 Å². The zero-order valence-electron chi connectivity index (χ0n) is 25.0. The monoisotopic (exact) mass is 990 g/mol. The molecule has 1 rings (SSSR count). The Morgan fingerprint density at radius 2 is 0.881 bits per heavy atom. The van der Waals surface area contributed by atoms with Crippen molar-refractivity contribution in [3.63, 3.8) is 0 Å². The van der Waals surface area contributed by atoms with E-state index in [0.29, 0.717) is 24.0 Å². The normalized spacial score (nSPS) is 11.5. The Kier molecular flexibility index (Phi) is 18.9. The van der Waals surface area contributed by atoms with E-state index < -0.39 is 74.4 Å². The molecule has 0 fully saturated rings. The summed E-state index contributed by atoms with van der Waals surface area (Å²) in [5.41, 5.74) is 1.10. The Hall–Kier alpha value is -0.790. The summed E-state index contributed by atoms with van der Waals surface area (Å²) in [6.45, 7) is 8.05. The number of carbonyl (C=O) groups excluding carboxylic acids is 2. The van der Waals surface area contributed by atoms with Gasteiger partial charge in [-0.05, 0) is 0 Å². The third-order valence-electron chi connectivity index (χ3n) is 6.80. The average molecular weight is 988 g/mol. The topological polar surface area (TPSA) is 71.1 Å². The Morgan fingerprint density at radius 1 is 0.571 bits per heavy atom. The number of rotatable bonds is 20. The first-order valence-electron chi connectivity index (χ1n) is 14.6. The van der Waals surface area contributed by atoms with Crippen LogP contribution < -0.4 is 15.6 Å². The van der Waals surface area contributed by atoms with Crippen LogP contribution in [-0.2, 0) is 64.9 Å². The maximum absolute atomic E-state index is 13.0. The van der Waals surface area contributed by atoms with Crippen molar-refractivity contribution in [3.05, 3.63) is 11.1 Å². The molecule has 0 atom stereocenters. The number of ether oxygens (including phenoxy) is 2. The van der Waals surface area contributed by atoms with Crippen LogP contribution in [0.3, 0.4) is 0 Å². The predicted molar refractivity (Wildman–Crippen MR) is 137 cm³/mol. The summed E-state index contributed by atoms with van der Waals surface area (Å²) in [6, 6.07) is 0. The quantitative estimate of drug-likeness (QED) is 0.0781. The minimum atomic E-state index is -5.22. The predicted octanol–water partition coefficient (Wildman–Crippen LogP) is 7.24. The fraction of sp³-hybridized carbons (Fsp3) is 0.714. The molecule has 0 unspecified atom stereocenters. The van der Waals surface area contributed by atoms with E-state index in [1.54, 1.807) is 13.8 Å². The van der Waals surface area contributed by atoms with Crippen LogP contribution in [0, 0.1) is 13.8 Å². The van der Waals surface area contributed by atoms with Crippen molar-refractivity contribution in [1.82, 2.24) is 0 Å². The molecule has 0 saturated carbocycles. The van der Waals surface area contributed by atoms with Gasteiger partial charge in [-0.1, -0.05) is 0 Å². The van der Waals surface area contributed by atoms with Gasteiger partial charge in [0.25, 0.3) is 0 Å². The van der Waals surface area contributed by atoms with Crippen molar-refractivity contribution < 1.29 is 101 Å². The van der Waals surface area contributed by atoms with Gasteiger partial charge in [-0.2, -0.15) is 0 Å². The van der Waals surface area contributed by atoms with Crippen LogP contribution in [0.15, 0.2) is 0 Å². The zero-order chi connectivity index (χ0) is 31.8. The van der Waals surface area contributed by atoms with E-state index in [9.17, 15) is 35.9 Å². The number of hydrogen-bond donors (Lipinski definition) is 0. The summed E-state index contributed by atoms with van der Waals surface area (Å²) in [6.07, 6.45) is 1.15. The van der Waals surface area contributed by atoms with Crippen LogP contribution in [-0.4, -0.2) is 37.5 Å². The van der Waals surface area contributed by atoms with Gasteiger partial charge >= 0.3 is 272 Å². The fourth-order valence-corrected chi connectivity index (χ4v) is 21.2. The van der Waals surface area contributed by atoms with E-state index in [2.05, 4.69) is 13.8 Å². The van der Waals surface area contributed by atoms with Crippen LogP contribution >= 0.6 is 0 Å². The molecule has 6 nitrogen and oxygen atoms in total. The Balaban J connectivity index is 3.38. The Bertz CT molecular complexity index is 908. The Labute approximate surface area is 270 Å². The minimum absolute atomic E-state index is 0.177. The van der Waals surface area contributed by atoms with Crippen LogP contribution in [0.1, 0.15) is 102 Å². The number of halogens is 6. The molecule has 0 heterocycles. The van der Waals surface area contributed by atoms with Crippen molar-refractivity contribution in [1.29, 1.82) is 0 Å². The molecular formula is C28H40F6Hg2O6. The second kappa shape index (κ2) is 20.3. The summed E-state index contributed by atoms with van der Waals surface area (Å²) in [5.74, 6) is -4.28. The van der Waals surface area contributed by atoms with Crippen LogP contribution in [0.25, 0.3) is 0 Å². The summed E-state index contributed by atoms with van der Waals surface area (Å²) in [7, 11) is 0. The fourth-order valence-electron chi connectivity index (χ4n) is 4.32. The van der Waals surface area contributed by atoms with Crippen molar-refractivity contribution in [3.8, 4) is 11.5 Å². The summed E-state index contributed by atoms with van der Waals surface area (Å²) in [5, 5.41) is 0. The van der Waals surface area contributed by atoms with E-state index in [4.69, 9.17) is 14.8 Å². The molecule has 0 aliphatic rings. The molecular weight excluding hydrogens is 947 g/mol. The standard InChI is InChI=1S/C24H40O2.2C2HF3O2.2Hg/c1-5-7-9-11-13-15-19-25-23-17-18-24(22(4)21(23)3)26-20-16-14-12-10-8-6-2;2*3-2(4,5)1(6)7;;/h5-16,19-20H2,1-4H3;2*(H,6,7);;/q;;;2*+1/p-2. The van der Waals surface area contributed by atoms with Crippen LogP contribution in [0.4, 0.5) is 26.3 Å². The van der Waals surface area contributed by atoms with Gasteiger partial charge in [-0.3, -0.25) is 0 Å².